The van der Waals surface area contributed by atoms with Crippen LogP contribution in [0.2, 0.25) is 0 Å². The lowest BCUT2D eigenvalue weighted by Gasteiger charge is -2.37. The van der Waals surface area contributed by atoms with Crippen LogP contribution < -0.4 is 15.0 Å². The summed E-state index contributed by atoms with van der Waals surface area (Å²) in [4.78, 5) is 28.7. The number of nitrogens with one attached hydrogen (secondary N) is 1. The van der Waals surface area contributed by atoms with Gasteiger partial charge in [-0.05, 0) is 31.0 Å². The van der Waals surface area contributed by atoms with Crippen molar-refractivity contribution in [3.63, 3.8) is 0 Å². The Hall–Kier alpha value is -3.02. The maximum Gasteiger partial charge on any atom is 0.260 e. The Bertz CT molecular complexity index is 861. The van der Waals surface area contributed by atoms with Gasteiger partial charge in [-0.15, -0.1) is 0 Å². The minimum Gasteiger partial charge on any atom is -0.483 e. The van der Waals surface area contributed by atoms with E-state index in [0.717, 1.165) is 37.2 Å². The number of hydrogen-bond acceptors (Lipinski definition) is 4. The van der Waals surface area contributed by atoms with Crippen molar-refractivity contribution < 1.29 is 14.3 Å². The molecule has 6 heteroatoms. The number of rotatable bonds is 4. The van der Waals surface area contributed by atoms with Crippen molar-refractivity contribution in [1.29, 1.82) is 0 Å². The van der Waals surface area contributed by atoms with Gasteiger partial charge in [0, 0.05) is 25.7 Å². The van der Waals surface area contributed by atoms with E-state index in [9.17, 15) is 9.59 Å². The van der Waals surface area contributed by atoms with Crippen molar-refractivity contribution in [2.45, 2.75) is 19.0 Å². The molecule has 1 fully saturated rings. The summed E-state index contributed by atoms with van der Waals surface area (Å²) in [5.74, 6) is 0.506. The first kappa shape index (κ1) is 17.4. The number of carbonyl (C=O) groups excluding carboxylic acids is 2. The Morgan fingerprint density at radius 3 is 2.63 bits per heavy atom. The number of likely N-dealkylation sites (tertiary alicyclic amines) is 1. The maximum absolute atomic E-state index is 12.5. The van der Waals surface area contributed by atoms with E-state index in [4.69, 9.17) is 4.74 Å². The first-order valence-electron chi connectivity index (χ1n) is 9.27. The lowest BCUT2D eigenvalue weighted by atomic mass is 10.0. The molecule has 2 heterocycles. The van der Waals surface area contributed by atoms with Gasteiger partial charge in [0.05, 0.1) is 11.3 Å². The number of hydrogen-bond donors (Lipinski definition) is 1. The van der Waals surface area contributed by atoms with E-state index in [-0.39, 0.29) is 24.6 Å². The molecule has 6 nitrogen and oxygen atoms in total. The molecule has 4 rings (SSSR count). The van der Waals surface area contributed by atoms with Crippen molar-refractivity contribution >= 4 is 17.5 Å². The molecule has 0 unspecified atom stereocenters. The average Bonchev–Trinajstić information content (AvgIpc) is 3.24. The van der Waals surface area contributed by atoms with Gasteiger partial charge in [0.15, 0.2) is 6.61 Å². The highest BCUT2D eigenvalue weighted by atomic mass is 16.5. The smallest absolute Gasteiger partial charge is 0.260 e. The zero-order chi connectivity index (χ0) is 18.8. The minimum atomic E-state index is -0.356. The molecule has 0 aliphatic carbocycles. The third-order valence-corrected chi connectivity index (χ3v) is 5.21. The van der Waals surface area contributed by atoms with Crippen LogP contribution in [0.5, 0.6) is 5.75 Å². The third kappa shape index (κ3) is 3.35. The summed E-state index contributed by atoms with van der Waals surface area (Å²) in [6.07, 6.45) is 1.76. The fourth-order valence-corrected chi connectivity index (χ4v) is 3.73. The van der Waals surface area contributed by atoms with Crippen molar-refractivity contribution in [2.75, 3.05) is 31.6 Å². The zero-order valence-electron chi connectivity index (χ0n) is 15.4. The summed E-state index contributed by atoms with van der Waals surface area (Å²) in [7, 11) is 1.94. The van der Waals surface area contributed by atoms with E-state index in [0.29, 0.717) is 11.3 Å². The van der Waals surface area contributed by atoms with Gasteiger partial charge < -0.3 is 19.9 Å². The molecule has 0 aromatic heterocycles. The summed E-state index contributed by atoms with van der Waals surface area (Å²) in [6.45, 7) is 1.63. The number of amides is 2. The van der Waals surface area contributed by atoms with E-state index in [1.165, 1.54) is 0 Å². The molecular formula is C21H23N3O3. The number of carbonyl (C=O) groups is 2. The van der Waals surface area contributed by atoms with Gasteiger partial charge in [-0.25, -0.2) is 0 Å². The number of fused-ring (bicyclic) bond motifs is 1. The van der Waals surface area contributed by atoms with Gasteiger partial charge in [-0.1, -0.05) is 30.3 Å². The Balaban J connectivity index is 1.56. The number of ether oxygens (including phenoxy) is 1. The molecule has 0 radical (unpaired) electrons. The first-order valence-corrected chi connectivity index (χ1v) is 9.27. The molecule has 0 bridgehead atoms. The molecular weight excluding hydrogens is 342 g/mol. The molecule has 2 aromatic carbocycles. The van der Waals surface area contributed by atoms with Crippen LogP contribution in [0, 0.1) is 0 Å². The molecule has 2 aliphatic rings. The lowest BCUT2D eigenvalue weighted by Crippen LogP contribution is -2.44. The van der Waals surface area contributed by atoms with Crippen molar-refractivity contribution in [2.24, 2.45) is 0 Å². The fraction of sp³-hybridized carbons (Fsp3) is 0.333. The monoisotopic (exact) mass is 365 g/mol. The first-order chi connectivity index (χ1) is 13.1. The summed E-state index contributed by atoms with van der Waals surface area (Å²) >= 11 is 0. The fourth-order valence-electron chi connectivity index (χ4n) is 3.73. The molecule has 0 saturated carbocycles. The second-order valence-electron chi connectivity index (χ2n) is 6.92. The van der Waals surface area contributed by atoms with Crippen LogP contribution >= 0.6 is 0 Å². The predicted octanol–water partition coefficient (Wildman–Crippen LogP) is 2.57. The molecule has 140 valence electrons. The Kier molecular flexibility index (Phi) is 4.71. The number of para-hydroxylation sites is 2. The largest absolute Gasteiger partial charge is 0.483 e. The van der Waals surface area contributed by atoms with Gasteiger partial charge >= 0.3 is 0 Å². The van der Waals surface area contributed by atoms with Crippen molar-refractivity contribution in [3.05, 3.63) is 59.7 Å². The third-order valence-electron chi connectivity index (χ3n) is 5.21. The topological polar surface area (TPSA) is 61.9 Å². The normalized spacial score (nSPS) is 18.9. The molecule has 1 atom stereocenters. The SMILES string of the molecule is CN1c2ccccc2C(=O)N[C@H]1c1ccccc1OCC(=O)N1CCCC1. The van der Waals surface area contributed by atoms with Gasteiger partial charge in [0.2, 0.25) is 0 Å². The van der Waals surface area contributed by atoms with Crippen LogP contribution in [0.1, 0.15) is 34.9 Å². The van der Waals surface area contributed by atoms with E-state index in [2.05, 4.69) is 5.32 Å². The van der Waals surface area contributed by atoms with E-state index >= 15 is 0 Å². The second kappa shape index (κ2) is 7.31. The van der Waals surface area contributed by atoms with Gasteiger partial charge in [0.25, 0.3) is 11.8 Å². The van der Waals surface area contributed by atoms with Crippen molar-refractivity contribution in [3.8, 4) is 5.75 Å². The van der Waals surface area contributed by atoms with Crippen LogP contribution in [-0.4, -0.2) is 43.5 Å². The van der Waals surface area contributed by atoms with Crippen LogP contribution in [0.3, 0.4) is 0 Å². The van der Waals surface area contributed by atoms with E-state index < -0.39 is 0 Å². The molecule has 27 heavy (non-hydrogen) atoms. The molecule has 2 aliphatic heterocycles. The Labute approximate surface area is 158 Å². The quantitative estimate of drug-likeness (QED) is 0.905. The van der Waals surface area contributed by atoms with Gasteiger partial charge in [0.1, 0.15) is 11.9 Å². The molecule has 2 aromatic rings. The Morgan fingerprint density at radius 2 is 1.81 bits per heavy atom. The summed E-state index contributed by atoms with van der Waals surface area (Å²) < 4.78 is 5.87. The molecule has 2 amide bonds. The molecule has 1 saturated heterocycles. The minimum absolute atomic E-state index is 0.00804. The summed E-state index contributed by atoms with van der Waals surface area (Å²) in [5, 5.41) is 3.03. The highest BCUT2D eigenvalue weighted by Gasteiger charge is 2.31. The number of anilines is 1. The maximum atomic E-state index is 12.5. The number of nitrogens with zero attached hydrogens (tertiary/aromatic N) is 2. The van der Waals surface area contributed by atoms with Gasteiger partial charge in [-0.2, -0.15) is 0 Å². The highest BCUT2D eigenvalue weighted by molar-refractivity contribution is 6.02. The highest BCUT2D eigenvalue weighted by Crippen LogP contribution is 2.35. The standard InChI is InChI=1S/C21H23N3O3/c1-23-17-10-4-2-8-15(17)21(26)22-20(23)16-9-3-5-11-18(16)27-14-19(25)24-12-6-7-13-24/h2-5,8-11,20H,6-7,12-14H2,1H3,(H,22,26)/t20-/m1/s1. The molecule has 1 N–H and O–H groups in total. The summed E-state index contributed by atoms with van der Waals surface area (Å²) in [6, 6.07) is 15.1. The Morgan fingerprint density at radius 1 is 1.11 bits per heavy atom. The average molecular weight is 365 g/mol. The van der Waals surface area contributed by atoms with Crippen molar-refractivity contribution in [1.82, 2.24) is 10.2 Å². The summed E-state index contributed by atoms with van der Waals surface area (Å²) in [5.41, 5.74) is 2.35. The van der Waals surface area contributed by atoms with Crippen LogP contribution in [0.25, 0.3) is 0 Å². The molecule has 0 spiro atoms. The lowest BCUT2D eigenvalue weighted by molar-refractivity contribution is -0.132. The van der Waals surface area contributed by atoms with Crippen LogP contribution in [0.15, 0.2) is 48.5 Å². The second-order valence-corrected chi connectivity index (χ2v) is 6.92. The van der Waals surface area contributed by atoms with Gasteiger partial charge in [-0.3, -0.25) is 9.59 Å². The van der Waals surface area contributed by atoms with E-state index in [1.807, 2.05) is 65.4 Å². The van der Waals surface area contributed by atoms with Crippen LogP contribution in [-0.2, 0) is 4.79 Å². The number of benzene rings is 2. The predicted molar refractivity (Wildman–Crippen MR) is 103 cm³/mol. The van der Waals surface area contributed by atoms with Crippen LogP contribution in [0.4, 0.5) is 5.69 Å². The zero-order valence-corrected chi connectivity index (χ0v) is 15.4. The van der Waals surface area contributed by atoms with E-state index in [1.54, 1.807) is 0 Å².